The summed E-state index contributed by atoms with van der Waals surface area (Å²) in [6.45, 7) is 0.137. The average molecular weight is 337 g/mol. The summed E-state index contributed by atoms with van der Waals surface area (Å²) in [6, 6.07) is 17.5. The second-order valence-corrected chi connectivity index (χ2v) is 5.95. The fourth-order valence-electron chi connectivity index (χ4n) is 2.67. The topological polar surface area (TPSA) is 69.7 Å². The molecule has 0 radical (unpaired) electrons. The maximum Gasteiger partial charge on any atom is 0.325 e. The molecule has 25 heavy (non-hydrogen) atoms. The standard InChI is InChI=1S/C19H19N3O3/c1-21(18(24)13-22-17(23)11-20-19(22)25)12-14-7-9-16(10-8-14)15-5-3-2-4-6-15/h2-10H,11-13H2,1H3,(H,20,25). The minimum Gasteiger partial charge on any atom is -0.340 e. The van der Waals surface area contributed by atoms with Gasteiger partial charge >= 0.3 is 6.03 Å². The van der Waals surface area contributed by atoms with Gasteiger partial charge in [-0.25, -0.2) is 4.79 Å². The van der Waals surface area contributed by atoms with Gasteiger partial charge in [0.15, 0.2) is 0 Å². The number of rotatable bonds is 5. The molecule has 1 N–H and O–H groups in total. The Morgan fingerprint density at radius 1 is 1.04 bits per heavy atom. The second kappa shape index (κ2) is 7.17. The zero-order valence-corrected chi connectivity index (χ0v) is 13.9. The number of urea groups is 1. The van der Waals surface area contributed by atoms with Crippen LogP contribution in [0.15, 0.2) is 54.6 Å². The van der Waals surface area contributed by atoms with Crippen LogP contribution in [0.4, 0.5) is 4.79 Å². The van der Waals surface area contributed by atoms with E-state index in [0.29, 0.717) is 6.54 Å². The average Bonchev–Trinajstić information content (AvgIpc) is 2.95. The van der Waals surface area contributed by atoms with Crippen LogP contribution in [0.1, 0.15) is 5.56 Å². The summed E-state index contributed by atoms with van der Waals surface area (Å²) in [5.41, 5.74) is 3.22. The molecule has 0 unspecified atom stereocenters. The van der Waals surface area contributed by atoms with Gasteiger partial charge in [0.25, 0.3) is 5.91 Å². The molecule has 2 aromatic carbocycles. The van der Waals surface area contributed by atoms with Crippen LogP contribution in [0.25, 0.3) is 11.1 Å². The van der Waals surface area contributed by atoms with Crippen LogP contribution in [0, 0.1) is 0 Å². The summed E-state index contributed by atoms with van der Waals surface area (Å²) in [7, 11) is 1.66. The third kappa shape index (κ3) is 3.85. The number of nitrogens with one attached hydrogen (secondary N) is 1. The van der Waals surface area contributed by atoms with Gasteiger partial charge in [-0.1, -0.05) is 54.6 Å². The first-order valence-electron chi connectivity index (χ1n) is 8.01. The molecule has 2 aromatic rings. The lowest BCUT2D eigenvalue weighted by Crippen LogP contribution is -2.41. The van der Waals surface area contributed by atoms with Crippen molar-refractivity contribution in [1.29, 1.82) is 0 Å². The number of likely N-dealkylation sites (N-methyl/N-ethyl adjacent to an activating group) is 1. The highest BCUT2D eigenvalue weighted by molar-refractivity contribution is 6.04. The second-order valence-electron chi connectivity index (χ2n) is 5.95. The molecule has 1 heterocycles. The van der Waals surface area contributed by atoms with Crippen molar-refractivity contribution < 1.29 is 14.4 Å². The summed E-state index contributed by atoms with van der Waals surface area (Å²) in [4.78, 5) is 37.7. The zero-order valence-electron chi connectivity index (χ0n) is 13.9. The van der Waals surface area contributed by atoms with Crippen LogP contribution in [0.5, 0.6) is 0 Å². The van der Waals surface area contributed by atoms with Crippen LogP contribution in [0.3, 0.4) is 0 Å². The number of benzene rings is 2. The van der Waals surface area contributed by atoms with E-state index in [1.807, 2.05) is 54.6 Å². The van der Waals surface area contributed by atoms with Crippen LogP contribution < -0.4 is 5.32 Å². The Bertz CT molecular complexity index is 771. The van der Waals surface area contributed by atoms with Gasteiger partial charge in [0.1, 0.15) is 6.54 Å². The van der Waals surface area contributed by atoms with Crippen molar-refractivity contribution in [2.45, 2.75) is 6.54 Å². The van der Waals surface area contributed by atoms with Gasteiger partial charge < -0.3 is 10.2 Å². The predicted octanol–water partition coefficient (Wildman–Crippen LogP) is 1.86. The van der Waals surface area contributed by atoms with Crippen molar-refractivity contribution >= 4 is 17.8 Å². The minimum absolute atomic E-state index is 0.0449. The molecule has 0 saturated carbocycles. The van der Waals surface area contributed by atoms with Crippen LogP contribution in [0.2, 0.25) is 0 Å². The minimum atomic E-state index is -0.515. The van der Waals surface area contributed by atoms with Gasteiger partial charge in [-0.15, -0.1) is 0 Å². The number of carbonyl (C=O) groups is 3. The van der Waals surface area contributed by atoms with Gasteiger partial charge in [-0.2, -0.15) is 0 Å². The lowest BCUT2D eigenvalue weighted by Gasteiger charge is -2.20. The smallest absolute Gasteiger partial charge is 0.325 e. The monoisotopic (exact) mass is 337 g/mol. The molecule has 1 saturated heterocycles. The zero-order chi connectivity index (χ0) is 17.8. The van der Waals surface area contributed by atoms with Gasteiger partial charge in [0.05, 0.1) is 6.54 Å². The molecule has 0 bridgehead atoms. The molecule has 1 fully saturated rings. The first-order chi connectivity index (χ1) is 12.0. The highest BCUT2D eigenvalue weighted by atomic mass is 16.2. The Labute approximate surface area is 146 Å². The van der Waals surface area contributed by atoms with Gasteiger partial charge in [0, 0.05) is 13.6 Å². The molecule has 0 atom stereocenters. The van der Waals surface area contributed by atoms with Crippen molar-refractivity contribution in [1.82, 2.24) is 15.1 Å². The van der Waals surface area contributed by atoms with E-state index in [4.69, 9.17) is 0 Å². The lowest BCUT2D eigenvalue weighted by atomic mass is 10.0. The normalized spacial score (nSPS) is 13.7. The Morgan fingerprint density at radius 2 is 1.68 bits per heavy atom. The van der Waals surface area contributed by atoms with Gasteiger partial charge in [-0.05, 0) is 16.7 Å². The van der Waals surface area contributed by atoms with Crippen LogP contribution in [-0.2, 0) is 16.1 Å². The third-order valence-corrected chi connectivity index (χ3v) is 4.14. The maximum atomic E-state index is 12.2. The first-order valence-corrected chi connectivity index (χ1v) is 8.01. The summed E-state index contributed by atoms with van der Waals surface area (Å²) in [6.07, 6.45) is 0. The molecule has 4 amide bonds. The Balaban J connectivity index is 1.61. The highest BCUT2D eigenvalue weighted by Gasteiger charge is 2.30. The van der Waals surface area contributed by atoms with E-state index >= 15 is 0 Å². The number of hydrogen-bond acceptors (Lipinski definition) is 3. The van der Waals surface area contributed by atoms with Crippen molar-refractivity contribution in [3.05, 3.63) is 60.2 Å². The fraction of sp³-hybridized carbons (Fsp3) is 0.211. The molecule has 0 aliphatic carbocycles. The quantitative estimate of drug-likeness (QED) is 0.847. The number of carbonyl (C=O) groups excluding carboxylic acids is 3. The van der Waals surface area contributed by atoms with Crippen LogP contribution >= 0.6 is 0 Å². The van der Waals surface area contributed by atoms with E-state index in [1.165, 1.54) is 4.90 Å². The van der Waals surface area contributed by atoms with E-state index in [0.717, 1.165) is 21.6 Å². The molecule has 1 aliphatic heterocycles. The molecule has 3 rings (SSSR count). The van der Waals surface area contributed by atoms with E-state index in [1.54, 1.807) is 7.05 Å². The van der Waals surface area contributed by atoms with E-state index in [9.17, 15) is 14.4 Å². The first kappa shape index (κ1) is 16.7. The number of imide groups is 1. The van der Waals surface area contributed by atoms with Crippen LogP contribution in [-0.4, -0.2) is 47.8 Å². The molecule has 6 heteroatoms. The van der Waals surface area contributed by atoms with E-state index in [-0.39, 0.29) is 24.9 Å². The van der Waals surface area contributed by atoms with Gasteiger partial charge in [0.2, 0.25) is 5.91 Å². The Kier molecular flexibility index (Phi) is 4.79. The summed E-state index contributed by atoms with van der Waals surface area (Å²) in [5.74, 6) is -0.656. The Hall–Kier alpha value is -3.15. The molecular formula is C19H19N3O3. The lowest BCUT2D eigenvalue weighted by molar-refractivity contribution is -0.135. The molecular weight excluding hydrogens is 318 g/mol. The number of amides is 4. The number of nitrogens with zero attached hydrogens (tertiary/aromatic N) is 2. The molecule has 128 valence electrons. The summed E-state index contributed by atoms with van der Waals surface area (Å²) >= 11 is 0. The SMILES string of the molecule is CN(Cc1ccc(-c2ccccc2)cc1)C(=O)CN1C(=O)CNC1=O. The summed E-state index contributed by atoms with van der Waals surface area (Å²) < 4.78 is 0. The van der Waals surface area contributed by atoms with Crippen molar-refractivity contribution in [3.63, 3.8) is 0 Å². The number of hydrogen-bond donors (Lipinski definition) is 1. The molecule has 0 spiro atoms. The van der Waals surface area contributed by atoms with Gasteiger partial charge in [-0.3, -0.25) is 14.5 Å². The largest absolute Gasteiger partial charge is 0.340 e. The van der Waals surface area contributed by atoms with Crippen molar-refractivity contribution in [2.24, 2.45) is 0 Å². The Morgan fingerprint density at radius 3 is 2.28 bits per heavy atom. The molecule has 1 aliphatic rings. The molecule has 6 nitrogen and oxygen atoms in total. The van der Waals surface area contributed by atoms with Crippen molar-refractivity contribution in [2.75, 3.05) is 20.1 Å². The summed E-state index contributed by atoms with van der Waals surface area (Å²) in [5, 5.41) is 2.40. The third-order valence-electron chi connectivity index (χ3n) is 4.14. The van der Waals surface area contributed by atoms with E-state index < -0.39 is 6.03 Å². The fourth-order valence-corrected chi connectivity index (χ4v) is 2.67. The van der Waals surface area contributed by atoms with E-state index in [2.05, 4.69) is 5.32 Å². The maximum absolute atomic E-state index is 12.2. The van der Waals surface area contributed by atoms with Crippen molar-refractivity contribution in [3.8, 4) is 11.1 Å². The molecule has 0 aromatic heterocycles. The predicted molar refractivity (Wildman–Crippen MR) is 93.5 cm³/mol. The highest BCUT2D eigenvalue weighted by Crippen LogP contribution is 2.19.